The summed E-state index contributed by atoms with van der Waals surface area (Å²) >= 11 is 1.35. The molecule has 5 heteroatoms. The van der Waals surface area contributed by atoms with Crippen LogP contribution in [-0.2, 0) is 4.74 Å². The third kappa shape index (κ3) is 1.29. The topological polar surface area (TPSA) is 42.1 Å². The maximum atomic E-state index is 13.5. The van der Waals surface area contributed by atoms with E-state index in [1.807, 2.05) is 0 Å². The second kappa shape index (κ2) is 3.42. The van der Waals surface area contributed by atoms with Gasteiger partial charge in [-0.25, -0.2) is 9.18 Å². The molecule has 0 radical (unpaired) electrons. The molecule has 0 spiro atoms. The summed E-state index contributed by atoms with van der Waals surface area (Å²) in [5, 5.41) is 2.21. The number of fused-ring (bicyclic) bond motifs is 1. The Morgan fingerprint density at radius 2 is 2.50 bits per heavy atom. The SMILES string of the molecule is CCOC(=O)c1[nH]c2sccc2c1F. The van der Waals surface area contributed by atoms with Crippen molar-refractivity contribution in [3.8, 4) is 0 Å². The van der Waals surface area contributed by atoms with Gasteiger partial charge in [0.2, 0.25) is 0 Å². The predicted molar refractivity (Wildman–Crippen MR) is 52.1 cm³/mol. The minimum absolute atomic E-state index is 0.0892. The van der Waals surface area contributed by atoms with Gasteiger partial charge in [0.15, 0.2) is 11.5 Å². The van der Waals surface area contributed by atoms with Crippen LogP contribution >= 0.6 is 11.3 Å². The molecule has 14 heavy (non-hydrogen) atoms. The van der Waals surface area contributed by atoms with E-state index in [4.69, 9.17) is 4.74 Å². The lowest BCUT2D eigenvalue weighted by molar-refractivity contribution is 0.0515. The Kier molecular flexibility index (Phi) is 2.25. The lowest BCUT2D eigenvalue weighted by Gasteiger charge is -1.97. The van der Waals surface area contributed by atoms with E-state index in [-0.39, 0.29) is 12.3 Å². The average molecular weight is 213 g/mol. The van der Waals surface area contributed by atoms with Gasteiger partial charge in [0, 0.05) is 5.39 Å². The first kappa shape index (κ1) is 9.21. The summed E-state index contributed by atoms with van der Waals surface area (Å²) in [7, 11) is 0. The average Bonchev–Trinajstić information content (AvgIpc) is 2.69. The van der Waals surface area contributed by atoms with Gasteiger partial charge in [-0.05, 0) is 18.4 Å². The van der Waals surface area contributed by atoms with Crippen molar-refractivity contribution in [1.82, 2.24) is 4.98 Å². The molecule has 0 unspecified atom stereocenters. The monoisotopic (exact) mass is 213 g/mol. The fourth-order valence-electron chi connectivity index (χ4n) is 1.23. The summed E-state index contributed by atoms with van der Waals surface area (Å²) < 4.78 is 18.2. The molecule has 0 saturated carbocycles. The number of aromatic amines is 1. The molecule has 0 fully saturated rings. The number of H-pyrrole nitrogens is 1. The highest BCUT2D eigenvalue weighted by Crippen LogP contribution is 2.25. The van der Waals surface area contributed by atoms with E-state index in [1.165, 1.54) is 11.3 Å². The van der Waals surface area contributed by atoms with E-state index in [0.29, 0.717) is 10.2 Å². The molecule has 3 nitrogen and oxygen atoms in total. The van der Waals surface area contributed by atoms with Crippen LogP contribution in [-0.4, -0.2) is 17.6 Å². The third-order valence-electron chi connectivity index (χ3n) is 1.84. The first-order valence-electron chi connectivity index (χ1n) is 4.15. The van der Waals surface area contributed by atoms with Gasteiger partial charge in [-0.15, -0.1) is 11.3 Å². The maximum absolute atomic E-state index is 13.5. The number of rotatable bonds is 2. The molecule has 1 N–H and O–H groups in total. The number of esters is 1. The van der Waals surface area contributed by atoms with Crippen LogP contribution in [0.1, 0.15) is 17.4 Å². The number of nitrogens with one attached hydrogen (secondary N) is 1. The summed E-state index contributed by atoms with van der Waals surface area (Å²) in [5.74, 6) is -1.17. The highest BCUT2D eigenvalue weighted by molar-refractivity contribution is 7.16. The van der Waals surface area contributed by atoms with Crippen molar-refractivity contribution >= 4 is 27.5 Å². The minimum atomic E-state index is -0.645. The summed E-state index contributed by atoms with van der Waals surface area (Å²) in [4.78, 5) is 14.6. The van der Waals surface area contributed by atoms with Gasteiger partial charge in [-0.2, -0.15) is 0 Å². The van der Waals surface area contributed by atoms with Gasteiger partial charge in [0.25, 0.3) is 0 Å². The van der Waals surface area contributed by atoms with Crippen molar-refractivity contribution in [2.24, 2.45) is 0 Å². The number of thiophene rings is 1. The van der Waals surface area contributed by atoms with Crippen LogP contribution in [0.4, 0.5) is 4.39 Å². The molecule has 0 aromatic carbocycles. The Bertz CT molecular complexity index is 474. The zero-order valence-electron chi connectivity index (χ0n) is 7.46. The standard InChI is InChI=1S/C9H8FNO2S/c1-2-13-9(12)7-6(10)5-3-4-14-8(5)11-7/h3-4,11H,2H2,1H3. The number of hydrogen-bond acceptors (Lipinski definition) is 3. The van der Waals surface area contributed by atoms with Crippen molar-refractivity contribution in [2.75, 3.05) is 6.61 Å². The normalized spacial score (nSPS) is 10.7. The summed E-state index contributed by atoms with van der Waals surface area (Å²) in [6.07, 6.45) is 0. The molecular weight excluding hydrogens is 205 g/mol. The Morgan fingerprint density at radius 3 is 3.14 bits per heavy atom. The minimum Gasteiger partial charge on any atom is -0.461 e. The molecule has 0 saturated heterocycles. The first-order valence-corrected chi connectivity index (χ1v) is 5.03. The number of ether oxygens (including phenoxy) is 1. The zero-order valence-corrected chi connectivity index (χ0v) is 8.28. The molecule has 2 heterocycles. The van der Waals surface area contributed by atoms with Crippen molar-refractivity contribution in [3.63, 3.8) is 0 Å². The van der Waals surface area contributed by atoms with Crippen LogP contribution in [0.3, 0.4) is 0 Å². The number of halogens is 1. The summed E-state index contributed by atoms with van der Waals surface area (Å²) in [5.41, 5.74) is -0.0892. The van der Waals surface area contributed by atoms with E-state index in [9.17, 15) is 9.18 Å². The van der Waals surface area contributed by atoms with Crippen molar-refractivity contribution in [3.05, 3.63) is 23.0 Å². The summed E-state index contributed by atoms with van der Waals surface area (Å²) in [6, 6.07) is 1.63. The fourth-order valence-corrected chi connectivity index (χ4v) is 2.01. The van der Waals surface area contributed by atoms with Gasteiger partial charge < -0.3 is 9.72 Å². The van der Waals surface area contributed by atoms with Gasteiger partial charge in [0.1, 0.15) is 4.83 Å². The van der Waals surface area contributed by atoms with Gasteiger partial charge >= 0.3 is 5.97 Å². The number of carbonyl (C=O) groups excluding carboxylic acids is 1. The lowest BCUT2D eigenvalue weighted by atomic mass is 10.3. The van der Waals surface area contributed by atoms with Crippen LogP contribution in [0.25, 0.3) is 10.2 Å². The molecule has 0 amide bonds. The highest BCUT2D eigenvalue weighted by atomic mass is 32.1. The molecule has 0 aliphatic rings. The molecule has 74 valence electrons. The predicted octanol–water partition coefficient (Wildman–Crippen LogP) is 2.55. The fraction of sp³-hybridized carbons (Fsp3) is 0.222. The van der Waals surface area contributed by atoms with Crippen LogP contribution < -0.4 is 0 Å². The smallest absolute Gasteiger partial charge is 0.357 e. The molecular formula is C9H8FNO2S. The largest absolute Gasteiger partial charge is 0.461 e. The zero-order chi connectivity index (χ0) is 10.1. The van der Waals surface area contributed by atoms with Gasteiger partial charge in [-0.3, -0.25) is 0 Å². The second-order valence-corrected chi connectivity index (χ2v) is 3.61. The quantitative estimate of drug-likeness (QED) is 0.779. The van der Waals surface area contributed by atoms with E-state index in [1.54, 1.807) is 18.4 Å². The van der Waals surface area contributed by atoms with E-state index in [0.717, 1.165) is 0 Å². The molecule has 2 aromatic heterocycles. The molecule has 0 aliphatic heterocycles. The number of carbonyl (C=O) groups is 1. The van der Waals surface area contributed by atoms with E-state index < -0.39 is 11.8 Å². The Morgan fingerprint density at radius 1 is 1.71 bits per heavy atom. The van der Waals surface area contributed by atoms with E-state index >= 15 is 0 Å². The Hall–Kier alpha value is -1.36. The third-order valence-corrected chi connectivity index (χ3v) is 2.67. The maximum Gasteiger partial charge on any atom is 0.357 e. The lowest BCUT2D eigenvalue weighted by Crippen LogP contribution is -2.06. The van der Waals surface area contributed by atoms with Crippen molar-refractivity contribution in [2.45, 2.75) is 6.92 Å². The summed E-state index contributed by atoms with van der Waals surface area (Å²) in [6.45, 7) is 1.92. The van der Waals surface area contributed by atoms with E-state index in [2.05, 4.69) is 4.98 Å². The van der Waals surface area contributed by atoms with Crippen LogP contribution in [0.2, 0.25) is 0 Å². The van der Waals surface area contributed by atoms with Crippen LogP contribution in [0, 0.1) is 5.82 Å². The molecule has 0 aliphatic carbocycles. The van der Waals surface area contributed by atoms with Gasteiger partial charge in [-0.1, -0.05) is 0 Å². The molecule has 0 atom stereocenters. The van der Waals surface area contributed by atoms with Gasteiger partial charge in [0.05, 0.1) is 6.61 Å². The Labute approximate surface area is 83.5 Å². The van der Waals surface area contributed by atoms with Crippen molar-refractivity contribution in [1.29, 1.82) is 0 Å². The number of hydrogen-bond donors (Lipinski definition) is 1. The first-order chi connectivity index (χ1) is 6.74. The Balaban J connectivity index is 2.47. The van der Waals surface area contributed by atoms with Crippen LogP contribution in [0.5, 0.6) is 0 Å². The molecule has 2 rings (SSSR count). The highest BCUT2D eigenvalue weighted by Gasteiger charge is 2.19. The van der Waals surface area contributed by atoms with Crippen LogP contribution in [0.15, 0.2) is 11.4 Å². The molecule has 0 bridgehead atoms. The van der Waals surface area contributed by atoms with Crippen molar-refractivity contribution < 1.29 is 13.9 Å². The molecule has 2 aromatic rings. The number of aromatic nitrogens is 1. The second-order valence-electron chi connectivity index (χ2n) is 2.70.